The van der Waals surface area contributed by atoms with Gasteiger partial charge in [-0.2, -0.15) is 23.5 Å². The molecule has 0 saturated heterocycles. The van der Waals surface area contributed by atoms with Gasteiger partial charge in [0, 0.05) is 11.9 Å². The Morgan fingerprint density at radius 2 is 1.96 bits per heavy atom. The number of hydrogen-bond donors (Lipinski definition) is 1. The first-order valence-corrected chi connectivity index (χ1v) is 8.12. The molecule has 0 aliphatic heterocycles. The Labute approximate surface area is 149 Å². The summed E-state index contributed by atoms with van der Waals surface area (Å²) in [6.07, 6.45) is -0.501. The molecule has 8 heteroatoms. The Bertz CT molecular complexity index is 845. The molecule has 1 amide bonds. The third-order valence-corrected chi connectivity index (χ3v) is 4.45. The molecule has 0 aliphatic carbocycles. The molecule has 0 saturated carbocycles. The minimum Gasteiger partial charge on any atom is -0.324 e. The van der Waals surface area contributed by atoms with Crippen LogP contribution in [0.25, 0.3) is 0 Å². The van der Waals surface area contributed by atoms with Crippen molar-refractivity contribution in [1.82, 2.24) is 9.78 Å². The molecule has 1 N–H and O–H groups in total. The summed E-state index contributed by atoms with van der Waals surface area (Å²) >= 11 is 0. The topological polar surface area (TPSA) is 70.7 Å². The summed E-state index contributed by atoms with van der Waals surface area (Å²) in [5.74, 6) is -0.455. The van der Waals surface area contributed by atoms with Gasteiger partial charge in [0.05, 0.1) is 23.4 Å². The van der Waals surface area contributed by atoms with Gasteiger partial charge in [0.25, 0.3) is 5.91 Å². The molecule has 0 atom stereocenters. The van der Waals surface area contributed by atoms with Crippen LogP contribution in [0.1, 0.15) is 43.4 Å². The molecule has 138 valence electrons. The van der Waals surface area contributed by atoms with Gasteiger partial charge in [0.15, 0.2) is 0 Å². The van der Waals surface area contributed by atoms with Gasteiger partial charge in [-0.15, -0.1) is 0 Å². The highest BCUT2D eigenvalue weighted by Gasteiger charge is 2.38. The maximum absolute atomic E-state index is 13.1. The zero-order valence-corrected chi connectivity index (χ0v) is 14.7. The normalized spacial score (nSPS) is 11.9. The Hall–Kier alpha value is -2.82. The summed E-state index contributed by atoms with van der Waals surface area (Å²) < 4.78 is 40.9. The first-order valence-electron chi connectivity index (χ1n) is 8.12. The van der Waals surface area contributed by atoms with E-state index in [4.69, 9.17) is 5.26 Å². The van der Waals surface area contributed by atoms with Crippen molar-refractivity contribution in [2.24, 2.45) is 0 Å². The summed E-state index contributed by atoms with van der Waals surface area (Å²) in [5, 5.41) is 15.6. The highest BCUT2D eigenvalue weighted by atomic mass is 19.4. The number of alkyl halides is 3. The molecule has 1 aromatic heterocycles. The third-order valence-electron chi connectivity index (χ3n) is 4.45. The van der Waals surface area contributed by atoms with E-state index in [2.05, 4.69) is 10.4 Å². The Balaban J connectivity index is 2.40. The lowest BCUT2D eigenvalue weighted by molar-refractivity contribution is -0.137. The number of halogens is 3. The van der Waals surface area contributed by atoms with Crippen LogP contribution in [0.3, 0.4) is 0 Å². The zero-order valence-electron chi connectivity index (χ0n) is 14.7. The number of rotatable bonds is 5. The molecule has 0 radical (unpaired) electrons. The molecule has 0 spiro atoms. The van der Waals surface area contributed by atoms with E-state index in [0.717, 1.165) is 17.7 Å². The minimum atomic E-state index is -4.68. The van der Waals surface area contributed by atoms with E-state index < -0.39 is 28.7 Å². The maximum atomic E-state index is 13.1. The average Bonchev–Trinajstić information content (AvgIpc) is 3.02. The smallest absolute Gasteiger partial charge is 0.324 e. The van der Waals surface area contributed by atoms with Crippen LogP contribution in [0.5, 0.6) is 0 Å². The van der Waals surface area contributed by atoms with E-state index >= 15 is 0 Å². The van der Waals surface area contributed by atoms with Crippen LogP contribution < -0.4 is 5.32 Å². The fourth-order valence-electron chi connectivity index (χ4n) is 2.85. The van der Waals surface area contributed by atoms with Gasteiger partial charge >= 0.3 is 6.18 Å². The number of amides is 1. The minimum absolute atomic E-state index is 0.0171. The van der Waals surface area contributed by atoms with Gasteiger partial charge in [0.2, 0.25) is 0 Å². The van der Waals surface area contributed by atoms with Gasteiger partial charge in [0.1, 0.15) is 5.54 Å². The first kappa shape index (κ1) is 19.5. The molecule has 0 bridgehead atoms. The van der Waals surface area contributed by atoms with E-state index in [1.807, 2.05) is 20.8 Å². The van der Waals surface area contributed by atoms with Crippen molar-refractivity contribution < 1.29 is 18.0 Å². The van der Waals surface area contributed by atoms with Crippen LogP contribution >= 0.6 is 0 Å². The van der Waals surface area contributed by atoms with Gasteiger partial charge in [-0.3, -0.25) is 9.48 Å². The summed E-state index contributed by atoms with van der Waals surface area (Å²) in [5.41, 5.74) is -1.72. The number of nitriles is 1. The Kier molecular flexibility index (Phi) is 5.40. The fraction of sp³-hybridized carbons (Fsp3) is 0.389. The molecule has 0 aliphatic rings. The van der Waals surface area contributed by atoms with Crippen molar-refractivity contribution in [3.63, 3.8) is 0 Å². The SMILES string of the molecule is CCC(CC)(C(=O)Nc1ccc(C#N)c(C(F)(F)F)c1)n1cc(C)cn1. The zero-order chi connectivity index (χ0) is 19.5. The second kappa shape index (κ2) is 7.20. The summed E-state index contributed by atoms with van der Waals surface area (Å²) in [7, 11) is 0. The lowest BCUT2D eigenvalue weighted by atomic mass is 9.91. The molecule has 0 fully saturated rings. The third kappa shape index (κ3) is 3.57. The van der Waals surface area contributed by atoms with Crippen molar-refractivity contribution >= 4 is 11.6 Å². The number of benzene rings is 1. The first-order chi connectivity index (χ1) is 12.2. The predicted molar refractivity (Wildman–Crippen MR) is 90.3 cm³/mol. The standard InChI is InChI=1S/C18H19F3N4O/c1-4-17(5-2,25-11-12(3)10-23-25)16(26)24-14-7-6-13(9-22)15(8-14)18(19,20)21/h6-8,10-11H,4-5H2,1-3H3,(H,24,26). The van der Waals surface area contributed by atoms with Crippen molar-refractivity contribution in [3.8, 4) is 6.07 Å². The quantitative estimate of drug-likeness (QED) is 0.863. The molecular formula is C18H19F3N4O. The molecule has 1 heterocycles. The van der Waals surface area contributed by atoms with Crippen molar-refractivity contribution in [2.75, 3.05) is 5.32 Å². The average molecular weight is 364 g/mol. The van der Waals surface area contributed by atoms with Crippen LogP contribution in [0.2, 0.25) is 0 Å². The molecule has 26 heavy (non-hydrogen) atoms. The van der Waals surface area contributed by atoms with E-state index in [-0.39, 0.29) is 5.69 Å². The second-order valence-electron chi connectivity index (χ2n) is 6.02. The van der Waals surface area contributed by atoms with Crippen molar-refractivity contribution in [3.05, 3.63) is 47.3 Å². The fourth-order valence-corrected chi connectivity index (χ4v) is 2.85. The van der Waals surface area contributed by atoms with Crippen LogP contribution in [0.15, 0.2) is 30.6 Å². The van der Waals surface area contributed by atoms with Crippen LogP contribution in [0.4, 0.5) is 18.9 Å². The number of anilines is 1. The number of nitrogens with one attached hydrogen (secondary N) is 1. The largest absolute Gasteiger partial charge is 0.417 e. The van der Waals surface area contributed by atoms with Crippen LogP contribution in [-0.2, 0) is 16.5 Å². The van der Waals surface area contributed by atoms with Gasteiger partial charge in [-0.05, 0) is 43.5 Å². The van der Waals surface area contributed by atoms with Crippen LogP contribution in [-0.4, -0.2) is 15.7 Å². The molecular weight excluding hydrogens is 345 g/mol. The molecule has 0 unspecified atom stereocenters. The number of carbonyl (C=O) groups excluding carboxylic acids is 1. The van der Waals surface area contributed by atoms with Gasteiger partial charge in [-0.1, -0.05) is 13.8 Å². The summed E-state index contributed by atoms with van der Waals surface area (Å²) in [6.45, 7) is 5.48. The number of aromatic nitrogens is 2. The van der Waals surface area contributed by atoms with Crippen LogP contribution in [0, 0.1) is 18.3 Å². The van der Waals surface area contributed by atoms with E-state index in [1.165, 1.54) is 12.1 Å². The van der Waals surface area contributed by atoms with E-state index in [1.54, 1.807) is 17.1 Å². The van der Waals surface area contributed by atoms with Gasteiger partial charge in [-0.25, -0.2) is 0 Å². The molecule has 1 aromatic carbocycles. The summed E-state index contributed by atoms with van der Waals surface area (Å²) in [4.78, 5) is 12.9. The second-order valence-corrected chi connectivity index (χ2v) is 6.02. The predicted octanol–water partition coefficient (Wildman–Crippen LogP) is 4.24. The highest BCUT2D eigenvalue weighted by Crippen LogP contribution is 2.34. The van der Waals surface area contributed by atoms with Gasteiger partial charge < -0.3 is 5.32 Å². The number of carbonyl (C=O) groups is 1. The molecule has 5 nitrogen and oxygen atoms in total. The Morgan fingerprint density at radius 3 is 2.42 bits per heavy atom. The number of hydrogen-bond acceptors (Lipinski definition) is 3. The van der Waals surface area contributed by atoms with E-state index in [0.29, 0.717) is 12.8 Å². The number of aryl methyl sites for hydroxylation is 1. The lowest BCUT2D eigenvalue weighted by Gasteiger charge is -2.31. The summed E-state index contributed by atoms with van der Waals surface area (Å²) in [6, 6.07) is 4.64. The van der Waals surface area contributed by atoms with E-state index in [9.17, 15) is 18.0 Å². The Morgan fingerprint density at radius 1 is 1.31 bits per heavy atom. The highest BCUT2D eigenvalue weighted by molar-refractivity contribution is 5.96. The molecule has 2 rings (SSSR count). The monoisotopic (exact) mass is 364 g/mol. The lowest BCUT2D eigenvalue weighted by Crippen LogP contribution is -2.45. The number of nitrogens with zero attached hydrogens (tertiary/aromatic N) is 3. The maximum Gasteiger partial charge on any atom is 0.417 e. The molecule has 2 aromatic rings. The van der Waals surface area contributed by atoms with Crippen molar-refractivity contribution in [1.29, 1.82) is 5.26 Å². The van der Waals surface area contributed by atoms with Crippen molar-refractivity contribution in [2.45, 2.75) is 45.3 Å².